The van der Waals surface area contributed by atoms with E-state index in [1.165, 1.54) is 4.90 Å². The molecule has 1 aliphatic heterocycles. The van der Waals surface area contributed by atoms with Gasteiger partial charge in [-0.05, 0) is 52.0 Å². The molecular weight excluding hydrogens is 380 g/mol. The van der Waals surface area contributed by atoms with Gasteiger partial charge in [-0.2, -0.15) is 0 Å². The Hall–Kier alpha value is -2.21. The smallest absolute Gasteiger partial charge is 0.260 e. The van der Waals surface area contributed by atoms with Crippen LogP contribution in [0, 0.1) is 10.8 Å². The van der Waals surface area contributed by atoms with Crippen LogP contribution in [0.2, 0.25) is 0 Å². The molecule has 128 valence electrons. The lowest BCUT2D eigenvalue weighted by Crippen LogP contribution is -2.50. The van der Waals surface area contributed by atoms with Gasteiger partial charge in [0.05, 0.1) is 0 Å². The third-order valence-corrected chi connectivity index (χ3v) is 5.94. The highest BCUT2D eigenvalue weighted by molar-refractivity contribution is 9.10. The Bertz CT molecular complexity index is 892. The van der Waals surface area contributed by atoms with Gasteiger partial charge in [0.2, 0.25) is 0 Å². The number of aromatic nitrogens is 1. The molecular formula is C19H19BrN4O. The fourth-order valence-electron chi connectivity index (χ4n) is 3.69. The molecule has 0 radical (unpaired) electrons. The summed E-state index contributed by atoms with van der Waals surface area (Å²) in [5, 5.41) is 11.3. The minimum Gasteiger partial charge on any atom is -0.338 e. The molecule has 2 heterocycles. The number of halogens is 1. The Morgan fingerprint density at radius 1 is 1.24 bits per heavy atom. The molecule has 2 fully saturated rings. The van der Waals surface area contributed by atoms with E-state index in [1.54, 1.807) is 13.2 Å². The molecule has 2 N–H and O–H groups in total. The Balaban J connectivity index is 1.86. The summed E-state index contributed by atoms with van der Waals surface area (Å²) in [7, 11) is 1.66. The standard InChI is InChI=1S/C19H19BrN4O/c1-18(6-7-18)19(16(25)24(2)17(21)23-19)14-5-3-4-12(8-14)13-9-15(20)11-22-10-13/h3-5,8-11H,6-7H2,1-2H3,(H2,21,23). The quantitative estimate of drug-likeness (QED) is 0.830. The van der Waals surface area contributed by atoms with E-state index in [0.717, 1.165) is 34.0 Å². The lowest BCUT2D eigenvalue weighted by Gasteiger charge is -2.34. The summed E-state index contributed by atoms with van der Waals surface area (Å²) in [4.78, 5) is 18.8. The first-order chi connectivity index (χ1) is 11.9. The highest BCUT2D eigenvalue weighted by Crippen LogP contribution is 2.60. The normalized spacial score (nSPS) is 24.4. The number of pyridine rings is 1. The monoisotopic (exact) mass is 398 g/mol. The van der Waals surface area contributed by atoms with Gasteiger partial charge in [0.15, 0.2) is 11.5 Å². The summed E-state index contributed by atoms with van der Waals surface area (Å²) in [5.74, 6) is 0.106. The molecule has 2 aliphatic rings. The van der Waals surface area contributed by atoms with E-state index in [0.29, 0.717) is 0 Å². The van der Waals surface area contributed by atoms with Gasteiger partial charge in [-0.15, -0.1) is 0 Å². The van der Waals surface area contributed by atoms with Crippen LogP contribution in [0.4, 0.5) is 0 Å². The number of nitrogens with zero attached hydrogens (tertiary/aromatic N) is 2. The molecule has 4 rings (SSSR count). The maximum absolute atomic E-state index is 13.1. The molecule has 1 aliphatic carbocycles. The first-order valence-corrected chi connectivity index (χ1v) is 9.03. The second kappa shape index (κ2) is 5.39. The molecule has 0 spiro atoms. The van der Waals surface area contributed by atoms with Crippen LogP contribution in [0.15, 0.2) is 47.2 Å². The molecule has 1 saturated heterocycles. The van der Waals surface area contributed by atoms with E-state index >= 15 is 0 Å². The van der Waals surface area contributed by atoms with Gasteiger partial charge >= 0.3 is 0 Å². The van der Waals surface area contributed by atoms with Gasteiger partial charge in [-0.3, -0.25) is 20.1 Å². The summed E-state index contributed by atoms with van der Waals surface area (Å²) in [6.07, 6.45) is 5.50. The van der Waals surface area contributed by atoms with Gasteiger partial charge < -0.3 is 5.32 Å². The van der Waals surface area contributed by atoms with Crippen molar-refractivity contribution in [1.29, 1.82) is 5.41 Å². The van der Waals surface area contributed by atoms with Crippen molar-refractivity contribution in [3.05, 3.63) is 52.8 Å². The number of carbonyl (C=O) groups is 1. The Morgan fingerprint density at radius 3 is 2.60 bits per heavy atom. The van der Waals surface area contributed by atoms with Crippen LogP contribution in [0.1, 0.15) is 25.3 Å². The van der Waals surface area contributed by atoms with Crippen molar-refractivity contribution in [1.82, 2.24) is 15.2 Å². The zero-order chi connectivity index (χ0) is 17.8. The first-order valence-electron chi connectivity index (χ1n) is 8.24. The minimum atomic E-state index is -0.867. The van der Waals surface area contributed by atoms with E-state index < -0.39 is 5.54 Å². The van der Waals surface area contributed by atoms with E-state index in [2.05, 4.69) is 33.2 Å². The Morgan fingerprint density at radius 2 is 2.00 bits per heavy atom. The van der Waals surface area contributed by atoms with Gasteiger partial charge in [0.25, 0.3) is 5.91 Å². The van der Waals surface area contributed by atoms with Crippen LogP contribution in [0.3, 0.4) is 0 Å². The fraction of sp³-hybridized carbons (Fsp3) is 0.316. The summed E-state index contributed by atoms with van der Waals surface area (Å²) in [5.41, 5.74) is 1.86. The Kier molecular flexibility index (Phi) is 3.51. The largest absolute Gasteiger partial charge is 0.338 e. The number of hydrogen-bond donors (Lipinski definition) is 2. The van der Waals surface area contributed by atoms with Crippen molar-refractivity contribution >= 4 is 27.8 Å². The fourth-order valence-corrected chi connectivity index (χ4v) is 4.05. The third kappa shape index (κ3) is 2.31. The van der Waals surface area contributed by atoms with Crippen molar-refractivity contribution in [2.75, 3.05) is 7.05 Å². The second-order valence-electron chi connectivity index (χ2n) is 7.12. The van der Waals surface area contributed by atoms with Gasteiger partial charge in [-0.1, -0.05) is 25.1 Å². The van der Waals surface area contributed by atoms with E-state index in [4.69, 9.17) is 5.41 Å². The number of benzene rings is 1. The number of amides is 1. The van der Waals surface area contributed by atoms with Crippen LogP contribution >= 0.6 is 15.9 Å². The third-order valence-electron chi connectivity index (χ3n) is 5.51. The molecule has 1 atom stereocenters. The lowest BCUT2D eigenvalue weighted by atomic mass is 9.75. The zero-order valence-corrected chi connectivity index (χ0v) is 15.7. The van der Waals surface area contributed by atoms with Crippen LogP contribution in [-0.2, 0) is 10.3 Å². The van der Waals surface area contributed by atoms with Crippen LogP contribution in [-0.4, -0.2) is 28.8 Å². The van der Waals surface area contributed by atoms with Crippen LogP contribution in [0.5, 0.6) is 0 Å². The molecule has 1 aromatic heterocycles. The van der Waals surface area contributed by atoms with Crippen molar-refractivity contribution in [2.24, 2.45) is 5.41 Å². The zero-order valence-electron chi connectivity index (χ0n) is 14.1. The highest BCUT2D eigenvalue weighted by atomic mass is 79.9. The number of carbonyl (C=O) groups excluding carboxylic acids is 1. The average molecular weight is 399 g/mol. The molecule has 6 heteroatoms. The summed E-state index contributed by atoms with van der Waals surface area (Å²) in [6, 6.07) is 10.0. The van der Waals surface area contributed by atoms with Crippen molar-refractivity contribution in [3.63, 3.8) is 0 Å². The van der Waals surface area contributed by atoms with Gasteiger partial charge in [-0.25, -0.2) is 0 Å². The van der Waals surface area contributed by atoms with Crippen molar-refractivity contribution < 1.29 is 4.79 Å². The average Bonchev–Trinajstić information content (AvgIpc) is 3.32. The molecule has 5 nitrogen and oxygen atoms in total. The SMILES string of the molecule is CN1C(=N)NC(c2cccc(-c3cncc(Br)c3)c2)(C2(C)CC2)C1=O. The molecule has 1 amide bonds. The molecule has 1 unspecified atom stereocenters. The number of nitrogens with one attached hydrogen (secondary N) is 2. The predicted molar refractivity (Wildman–Crippen MR) is 100 cm³/mol. The highest BCUT2D eigenvalue weighted by Gasteiger charge is 2.65. The second-order valence-corrected chi connectivity index (χ2v) is 8.04. The van der Waals surface area contributed by atoms with E-state index in [1.807, 2.05) is 36.5 Å². The van der Waals surface area contributed by atoms with E-state index in [9.17, 15) is 4.79 Å². The van der Waals surface area contributed by atoms with Crippen LogP contribution in [0.25, 0.3) is 11.1 Å². The predicted octanol–water partition coefficient (Wildman–Crippen LogP) is 3.50. The molecule has 1 saturated carbocycles. The minimum absolute atomic E-state index is 0.0537. The maximum atomic E-state index is 13.1. The summed E-state index contributed by atoms with van der Waals surface area (Å²) in [6.45, 7) is 2.12. The number of likely N-dealkylation sites (N-methyl/N-ethyl adjacent to an activating group) is 1. The van der Waals surface area contributed by atoms with Crippen molar-refractivity contribution in [2.45, 2.75) is 25.3 Å². The van der Waals surface area contributed by atoms with E-state index in [-0.39, 0.29) is 17.3 Å². The topological polar surface area (TPSA) is 69.1 Å². The van der Waals surface area contributed by atoms with Crippen LogP contribution < -0.4 is 5.32 Å². The maximum Gasteiger partial charge on any atom is 0.260 e. The molecule has 25 heavy (non-hydrogen) atoms. The number of hydrogen-bond acceptors (Lipinski definition) is 3. The van der Waals surface area contributed by atoms with Crippen molar-refractivity contribution in [3.8, 4) is 11.1 Å². The van der Waals surface area contributed by atoms with Gasteiger partial charge in [0, 0.05) is 34.9 Å². The summed E-state index contributed by atoms with van der Waals surface area (Å²) >= 11 is 3.46. The first kappa shape index (κ1) is 16.3. The van der Waals surface area contributed by atoms with Gasteiger partial charge in [0.1, 0.15) is 0 Å². The molecule has 1 aromatic carbocycles. The number of guanidine groups is 1. The lowest BCUT2D eigenvalue weighted by molar-refractivity contribution is -0.133. The Labute approximate surface area is 155 Å². The number of rotatable bonds is 3. The molecule has 0 bridgehead atoms. The summed E-state index contributed by atoms with van der Waals surface area (Å²) < 4.78 is 0.913. The molecule has 2 aromatic rings.